The summed E-state index contributed by atoms with van der Waals surface area (Å²) >= 11 is 0. The molecule has 4 nitrogen and oxygen atoms in total. The molecule has 2 aromatic rings. The number of benzene rings is 2. The SMILES string of the molecule is O=C(c1ccccc1)C1CN(C2CCCO2)CCC1(O)c1ccccc1. The Balaban J connectivity index is 1.68. The smallest absolute Gasteiger partial charge is 0.170 e. The van der Waals surface area contributed by atoms with Gasteiger partial charge in [0.2, 0.25) is 0 Å². The van der Waals surface area contributed by atoms with Crippen LogP contribution in [0.15, 0.2) is 60.7 Å². The Morgan fingerprint density at radius 3 is 2.42 bits per heavy atom. The maximum absolute atomic E-state index is 13.3. The van der Waals surface area contributed by atoms with Crippen LogP contribution in [0.1, 0.15) is 35.2 Å². The molecule has 2 fully saturated rings. The van der Waals surface area contributed by atoms with Crippen molar-refractivity contribution in [2.24, 2.45) is 5.92 Å². The third kappa shape index (κ3) is 3.20. The predicted octanol–water partition coefficient (Wildman–Crippen LogP) is 3.22. The monoisotopic (exact) mass is 351 g/mol. The summed E-state index contributed by atoms with van der Waals surface area (Å²) in [5.41, 5.74) is 0.325. The fourth-order valence-electron chi connectivity index (χ4n) is 4.25. The molecule has 136 valence electrons. The van der Waals surface area contributed by atoms with Crippen LogP contribution in [0.3, 0.4) is 0 Å². The predicted molar refractivity (Wildman–Crippen MR) is 99.8 cm³/mol. The molecular weight excluding hydrogens is 326 g/mol. The zero-order chi connectivity index (χ0) is 18.0. The maximum Gasteiger partial charge on any atom is 0.170 e. The summed E-state index contributed by atoms with van der Waals surface area (Å²) in [6.07, 6.45) is 2.65. The molecule has 0 radical (unpaired) electrons. The van der Waals surface area contributed by atoms with Crippen molar-refractivity contribution < 1.29 is 14.6 Å². The number of carbonyl (C=O) groups is 1. The third-order valence-electron chi connectivity index (χ3n) is 5.74. The summed E-state index contributed by atoms with van der Waals surface area (Å²) in [6, 6.07) is 18.9. The van der Waals surface area contributed by atoms with Crippen LogP contribution in [-0.2, 0) is 10.3 Å². The van der Waals surface area contributed by atoms with Crippen molar-refractivity contribution in [3.63, 3.8) is 0 Å². The van der Waals surface area contributed by atoms with E-state index in [1.807, 2.05) is 60.7 Å². The second-order valence-electron chi connectivity index (χ2n) is 7.29. The van der Waals surface area contributed by atoms with E-state index >= 15 is 0 Å². The van der Waals surface area contributed by atoms with E-state index in [4.69, 9.17) is 4.74 Å². The number of hydrogen-bond acceptors (Lipinski definition) is 4. The van der Waals surface area contributed by atoms with E-state index in [0.717, 1.165) is 31.6 Å². The number of nitrogens with zero attached hydrogens (tertiary/aromatic N) is 1. The average Bonchev–Trinajstić information content (AvgIpc) is 3.24. The van der Waals surface area contributed by atoms with Crippen molar-refractivity contribution in [3.05, 3.63) is 71.8 Å². The molecule has 1 N–H and O–H groups in total. The lowest BCUT2D eigenvalue weighted by atomic mass is 9.72. The van der Waals surface area contributed by atoms with Crippen molar-refractivity contribution in [2.75, 3.05) is 19.7 Å². The molecule has 2 aromatic carbocycles. The van der Waals surface area contributed by atoms with E-state index in [1.54, 1.807) is 0 Å². The normalized spacial score (nSPS) is 29.6. The average molecular weight is 351 g/mol. The summed E-state index contributed by atoms with van der Waals surface area (Å²) in [6.45, 7) is 2.03. The molecule has 3 atom stereocenters. The van der Waals surface area contributed by atoms with Crippen LogP contribution in [0.5, 0.6) is 0 Å². The lowest BCUT2D eigenvalue weighted by Crippen LogP contribution is -2.55. The number of Topliss-reactive ketones (excluding diaryl/α,β-unsaturated/α-hetero) is 1. The molecule has 0 amide bonds. The zero-order valence-corrected chi connectivity index (χ0v) is 14.9. The van der Waals surface area contributed by atoms with Gasteiger partial charge < -0.3 is 9.84 Å². The molecule has 0 spiro atoms. The Morgan fingerprint density at radius 1 is 1.08 bits per heavy atom. The van der Waals surface area contributed by atoms with Crippen LogP contribution >= 0.6 is 0 Å². The van der Waals surface area contributed by atoms with Gasteiger partial charge in [-0.25, -0.2) is 0 Å². The molecule has 26 heavy (non-hydrogen) atoms. The maximum atomic E-state index is 13.3. The van der Waals surface area contributed by atoms with Crippen molar-refractivity contribution in [2.45, 2.75) is 31.1 Å². The standard InChI is InChI=1S/C22H25NO3/c24-21(17-8-3-1-4-9-17)19-16-23(20-12-7-15-26-20)14-13-22(19,25)18-10-5-2-6-11-18/h1-6,8-11,19-20,25H,7,12-16H2. The lowest BCUT2D eigenvalue weighted by Gasteiger charge is -2.45. The molecule has 2 saturated heterocycles. The van der Waals surface area contributed by atoms with Gasteiger partial charge in [-0.2, -0.15) is 0 Å². The molecule has 0 bridgehead atoms. The van der Waals surface area contributed by atoms with Gasteiger partial charge in [-0.1, -0.05) is 60.7 Å². The number of hydrogen-bond donors (Lipinski definition) is 1. The van der Waals surface area contributed by atoms with Gasteiger partial charge in [-0.15, -0.1) is 0 Å². The van der Waals surface area contributed by atoms with Crippen LogP contribution in [-0.4, -0.2) is 41.7 Å². The summed E-state index contributed by atoms with van der Waals surface area (Å²) in [5, 5.41) is 11.6. The van der Waals surface area contributed by atoms with Crippen molar-refractivity contribution in [3.8, 4) is 0 Å². The Morgan fingerprint density at radius 2 is 1.77 bits per heavy atom. The third-order valence-corrected chi connectivity index (χ3v) is 5.74. The van der Waals surface area contributed by atoms with E-state index in [0.29, 0.717) is 18.5 Å². The second-order valence-corrected chi connectivity index (χ2v) is 7.29. The molecule has 0 aromatic heterocycles. The molecule has 2 aliphatic heterocycles. The molecule has 4 heteroatoms. The molecule has 4 rings (SSSR count). The van der Waals surface area contributed by atoms with Gasteiger partial charge >= 0.3 is 0 Å². The number of rotatable bonds is 4. The number of piperidine rings is 1. The van der Waals surface area contributed by atoms with Crippen LogP contribution < -0.4 is 0 Å². The van der Waals surface area contributed by atoms with Gasteiger partial charge in [0, 0.05) is 25.3 Å². The Labute approximate surface area is 154 Å². The quantitative estimate of drug-likeness (QED) is 0.860. The zero-order valence-electron chi connectivity index (χ0n) is 14.9. The van der Waals surface area contributed by atoms with Crippen LogP contribution in [0.4, 0.5) is 0 Å². The minimum atomic E-state index is -1.15. The fourth-order valence-corrected chi connectivity index (χ4v) is 4.25. The van der Waals surface area contributed by atoms with E-state index in [-0.39, 0.29) is 12.0 Å². The van der Waals surface area contributed by atoms with E-state index in [9.17, 15) is 9.90 Å². The van der Waals surface area contributed by atoms with Crippen molar-refractivity contribution in [1.29, 1.82) is 0 Å². The van der Waals surface area contributed by atoms with Gasteiger partial charge in [0.1, 0.15) is 11.8 Å². The Kier molecular flexibility index (Phi) is 4.90. The first-order chi connectivity index (χ1) is 12.7. The van der Waals surface area contributed by atoms with Gasteiger partial charge in [-0.3, -0.25) is 9.69 Å². The highest BCUT2D eigenvalue weighted by Gasteiger charge is 2.48. The number of ether oxygens (including phenoxy) is 1. The van der Waals surface area contributed by atoms with Gasteiger partial charge in [0.15, 0.2) is 5.78 Å². The minimum absolute atomic E-state index is 0.000324. The fraction of sp³-hybridized carbons (Fsp3) is 0.409. The largest absolute Gasteiger partial charge is 0.384 e. The second kappa shape index (κ2) is 7.31. The molecular formula is C22H25NO3. The van der Waals surface area contributed by atoms with Crippen molar-refractivity contribution >= 4 is 5.78 Å². The highest BCUT2D eigenvalue weighted by molar-refractivity contribution is 5.99. The first-order valence-corrected chi connectivity index (χ1v) is 9.41. The topological polar surface area (TPSA) is 49.8 Å². The number of carbonyl (C=O) groups excluding carboxylic acids is 1. The van der Waals surface area contributed by atoms with Crippen LogP contribution in [0, 0.1) is 5.92 Å². The van der Waals surface area contributed by atoms with Crippen LogP contribution in [0.25, 0.3) is 0 Å². The number of ketones is 1. The van der Waals surface area contributed by atoms with Gasteiger partial charge in [-0.05, 0) is 24.8 Å². The molecule has 0 aliphatic carbocycles. The Bertz CT molecular complexity index is 742. The number of aliphatic hydroxyl groups is 1. The lowest BCUT2D eigenvalue weighted by molar-refractivity contribution is -0.108. The Hall–Kier alpha value is -2.01. The first-order valence-electron chi connectivity index (χ1n) is 9.41. The van der Waals surface area contributed by atoms with Crippen molar-refractivity contribution in [1.82, 2.24) is 4.90 Å². The van der Waals surface area contributed by atoms with E-state index < -0.39 is 11.5 Å². The highest BCUT2D eigenvalue weighted by atomic mass is 16.5. The van der Waals surface area contributed by atoms with Crippen LogP contribution in [0.2, 0.25) is 0 Å². The first kappa shape index (κ1) is 17.4. The highest BCUT2D eigenvalue weighted by Crippen LogP contribution is 2.40. The molecule has 0 saturated carbocycles. The molecule has 2 heterocycles. The summed E-state index contributed by atoms with van der Waals surface area (Å²) in [7, 11) is 0. The van der Waals surface area contributed by atoms with Gasteiger partial charge in [0.05, 0.1) is 5.92 Å². The molecule has 2 aliphatic rings. The molecule has 3 unspecified atom stereocenters. The summed E-state index contributed by atoms with van der Waals surface area (Å²) in [5.74, 6) is -0.509. The van der Waals surface area contributed by atoms with E-state index in [1.165, 1.54) is 0 Å². The van der Waals surface area contributed by atoms with Gasteiger partial charge in [0.25, 0.3) is 0 Å². The minimum Gasteiger partial charge on any atom is -0.384 e. The number of likely N-dealkylation sites (tertiary alicyclic amines) is 1. The summed E-state index contributed by atoms with van der Waals surface area (Å²) < 4.78 is 5.83. The summed E-state index contributed by atoms with van der Waals surface area (Å²) in [4.78, 5) is 15.6. The van der Waals surface area contributed by atoms with E-state index in [2.05, 4.69) is 4.90 Å².